The molecule has 0 saturated carbocycles. The number of rotatable bonds is 4. The van der Waals surface area contributed by atoms with Gasteiger partial charge in [-0.15, -0.1) is 0 Å². The van der Waals surface area contributed by atoms with Gasteiger partial charge in [0.1, 0.15) is 0 Å². The number of ketones is 1. The molecule has 0 heterocycles. The molecule has 0 aliphatic rings. The van der Waals surface area contributed by atoms with Crippen molar-refractivity contribution in [3.63, 3.8) is 0 Å². The molecule has 0 aliphatic carbocycles. The molecular formula is C11H9Br2F3O. The Morgan fingerprint density at radius 3 is 2.35 bits per heavy atom. The minimum Gasteiger partial charge on any atom is -0.294 e. The van der Waals surface area contributed by atoms with Gasteiger partial charge >= 0.3 is 6.18 Å². The molecule has 0 N–H and O–H groups in total. The average Bonchev–Trinajstić information content (AvgIpc) is 2.27. The Morgan fingerprint density at radius 1 is 1.24 bits per heavy atom. The number of benzene rings is 1. The topological polar surface area (TPSA) is 17.1 Å². The van der Waals surface area contributed by atoms with E-state index in [0.29, 0.717) is 5.33 Å². The summed E-state index contributed by atoms with van der Waals surface area (Å²) in [7, 11) is 0. The predicted molar refractivity (Wildman–Crippen MR) is 66.8 cm³/mol. The molecule has 0 atom stereocenters. The van der Waals surface area contributed by atoms with Crippen molar-refractivity contribution in [2.75, 3.05) is 5.33 Å². The fourth-order valence-corrected chi connectivity index (χ4v) is 2.44. The van der Waals surface area contributed by atoms with E-state index in [1.165, 1.54) is 12.1 Å². The lowest BCUT2D eigenvalue weighted by Gasteiger charge is -2.14. The summed E-state index contributed by atoms with van der Waals surface area (Å²) in [5, 5.41) is 0.440. The van der Waals surface area contributed by atoms with Crippen molar-refractivity contribution in [2.24, 2.45) is 0 Å². The zero-order valence-electron chi connectivity index (χ0n) is 8.65. The predicted octanol–water partition coefficient (Wildman–Crippen LogP) is 4.57. The lowest BCUT2D eigenvalue weighted by Crippen LogP contribution is -2.13. The van der Waals surface area contributed by atoms with Crippen LogP contribution < -0.4 is 0 Å². The smallest absolute Gasteiger partial charge is 0.294 e. The van der Waals surface area contributed by atoms with Crippen LogP contribution in [-0.2, 0) is 11.5 Å². The SMILES string of the molecule is O=C(CCBr)c1cccc(C(F)(F)F)c1CBr. The Bertz CT molecular complexity index is 416. The number of hydrogen-bond acceptors (Lipinski definition) is 1. The number of hydrogen-bond donors (Lipinski definition) is 0. The van der Waals surface area contributed by atoms with Gasteiger partial charge in [0.05, 0.1) is 5.56 Å². The van der Waals surface area contributed by atoms with Crippen molar-refractivity contribution >= 4 is 37.6 Å². The van der Waals surface area contributed by atoms with E-state index in [9.17, 15) is 18.0 Å². The third kappa shape index (κ3) is 3.55. The molecule has 0 aromatic heterocycles. The van der Waals surface area contributed by atoms with Crippen LogP contribution in [0.2, 0.25) is 0 Å². The molecule has 6 heteroatoms. The summed E-state index contributed by atoms with van der Waals surface area (Å²) in [5.74, 6) is -0.289. The average molecular weight is 374 g/mol. The summed E-state index contributed by atoms with van der Waals surface area (Å²) < 4.78 is 38.2. The number of alkyl halides is 5. The molecule has 0 unspecified atom stereocenters. The zero-order chi connectivity index (χ0) is 13.1. The van der Waals surface area contributed by atoms with Crippen molar-refractivity contribution in [1.29, 1.82) is 0 Å². The number of halogens is 5. The molecule has 1 nitrogen and oxygen atoms in total. The monoisotopic (exact) mass is 372 g/mol. The van der Waals surface area contributed by atoms with Crippen molar-refractivity contribution in [2.45, 2.75) is 17.9 Å². The standard InChI is InChI=1S/C11H9Br2F3O/c12-5-4-10(17)7-2-1-3-9(8(7)6-13)11(14,15)16/h1-3H,4-6H2. The van der Waals surface area contributed by atoms with Crippen LogP contribution in [0.4, 0.5) is 13.2 Å². The molecule has 17 heavy (non-hydrogen) atoms. The first-order chi connectivity index (χ1) is 7.91. The highest BCUT2D eigenvalue weighted by molar-refractivity contribution is 9.09. The number of Topliss-reactive ketones (excluding diaryl/α,β-unsaturated/α-hetero) is 1. The highest BCUT2D eigenvalue weighted by Gasteiger charge is 2.34. The number of carbonyl (C=O) groups is 1. The molecule has 1 aromatic rings. The molecule has 94 valence electrons. The summed E-state index contributed by atoms with van der Waals surface area (Å²) in [6.45, 7) is 0. The van der Waals surface area contributed by atoms with E-state index < -0.39 is 11.7 Å². The van der Waals surface area contributed by atoms with Gasteiger partial charge in [-0.3, -0.25) is 4.79 Å². The van der Waals surface area contributed by atoms with Crippen molar-refractivity contribution in [3.8, 4) is 0 Å². The van der Waals surface area contributed by atoms with E-state index in [4.69, 9.17) is 0 Å². The third-order valence-electron chi connectivity index (χ3n) is 2.24. The van der Waals surface area contributed by atoms with Crippen LogP contribution >= 0.6 is 31.9 Å². The van der Waals surface area contributed by atoms with Gasteiger partial charge in [-0.1, -0.05) is 44.0 Å². The lowest BCUT2D eigenvalue weighted by atomic mass is 9.98. The Morgan fingerprint density at radius 2 is 1.88 bits per heavy atom. The van der Waals surface area contributed by atoms with Gasteiger partial charge in [-0.25, -0.2) is 0 Å². The van der Waals surface area contributed by atoms with Crippen LogP contribution in [0.5, 0.6) is 0 Å². The van der Waals surface area contributed by atoms with Gasteiger partial charge in [0, 0.05) is 22.6 Å². The Labute approximate surface area is 114 Å². The van der Waals surface area contributed by atoms with E-state index in [1.54, 1.807) is 0 Å². The third-order valence-corrected chi connectivity index (χ3v) is 3.19. The largest absolute Gasteiger partial charge is 0.416 e. The van der Waals surface area contributed by atoms with Crippen molar-refractivity contribution < 1.29 is 18.0 Å². The number of carbonyl (C=O) groups excluding carboxylic acids is 1. The highest BCUT2D eigenvalue weighted by Crippen LogP contribution is 2.34. The van der Waals surface area contributed by atoms with Gasteiger partial charge in [-0.2, -0.15) is 13.2 Å². The maximum absolute atomic E-state index is 12.7. The van der Waals surface area contributed by atoms with Gasteiger partial charge in [0.2, 0.25) is 0 Å². The van der Waals surface area contributed by atoms with Gasteiger partial charge < -0.3 is 0 Å². The van der Waals surface area contributed by atoms with Crippen LogP contribution in [0, 0.1) is 0 Å². The van der Waals surface area contributed by atoms with Crippen LogP contribution in [0.1, 0.15) is 27.9 Å². The van der Waals surface area contributed by atoms with Crippen molar-refractivity contribution in [1.82, 2.24) is 0 Å². The molecule has 0 bridgehead atoms. The molecule has 0 amide bonds. The van der Waals surface area contributed by atoms with Crippen molar-refractivity contribution in [3.05, 3.63) is 34.9 Å². The fourth-order valence-electron chi connectivity index (χ4n) is 1.48. The van der Waals surface area contributed by atoms with Crippen LogP contribution in [0.25, 0.3) is 0 Å². The minimum atomic E-state index is -4.44. The Balaban J connectivity index is 3.29. The molecule has 0 aliphatic heterocycles. The van der Waals surface area contributed by atoms with Crippen LogP contribution in [0.15, 0.2) is 18.2 Å². The first-order valence-electron chi connectivity index (χ1n) is 4.76. The van der Waals surface area contributed by atoms with E-state index in [1.807, 2.05) is 0 Å². The first kappa shape index (κ1) is 14.7. The second kappa shape index (κ2) is 6.00. The molecule has 0 fully saturated rings. The van der Waals surface area contributed by atoms with E-state index in [2.05, 4.69) is 31.9 Å². The molecule has 0 saturated heterocycles. The minimum absolute atomic E-state index is 0.00551. The maximum Gasteiger partial charge on any atom is 0.416 e. The van der Waals surface area contributed by atoms with Gasteiger partial charge in [0.15, 0.2) is 5.78 Å². The van der Waals surface area contributed by atoms with Gasteiger partial charge in [0.25, 0.3) is 0 Å². The molecule has 0 radical (unpaired) electrons. The second-order valence-electron chi connectivity index (χ2n) is 3.33. The second-order valence-corrected chi connectivity index (χ2v) is 4.68. The molecular weight excluding hydrogens is 365 g/mol. The molecule has 1 aromatic carbocycles. The lowest BCUT2D eigenvalue weighted by molar-refractivity contribution is -0.138. The Hall–Kier alpha value is -0.360. The Kier molecular flexibility index (Phi) is 5.19. The highest BCUT2D eigenvalue weighted by atomic mass is 79.9. The van der Waals surface area contributed by atoms with Gasteiger partial charge in [-0.05, 0) is 11.6 Å². The van der Waals surface area contributed by atoms with Crippen LogP contribution in [0.3, 0.4) is 0 Å². The summed E-state index contributed by atoms with van der Waals surface area (Å²) in [5.41, 5.74) is -0.614. The quantitative estimate of drug-likeness (QED) is 0.558. The van der Waals surface area contributed by atoms with E-state index in [0.717, 1.165) is 6.07 Å². The van der Waals surface area contributed by atoms with E-state index in [-0.39, 0.29) is 28.7 Å². The summed E-state index contributed by atoms with van der Waals surface area (Å²) in [4.78, 5) is 11.7. The maximum atomic E-state index is 12.7. The van der Waals surface area contributed by atoms with E-state index >= 15 is 0 Å². The van der Waals surface area contributed by atoms with Crippen LogP contribution in [-0.4, -0.2) is 11.1 Å². The first-order valence-corrected chi connectivity index (χ1v) is 7.00. The normalized spacial score (nSPS) is 11.6. The molecule has 1 rings (SSSR count). The summed E-state index contributed by atoms with van der Waals surface area (Å²) >= 11 is 6.10. The fraction of sp³-hybridized carbons (Fsp3) is 0.364. The zero-order valence-corrected chi connectivity index (χ0v) is 11.8. The summed E-state index contributed by atoms with van der Waals surface area (Å²) in [6.07, 6.45) is -4.25. The molecule has 0 spiro atoms. The summed E-state index contributed by atoms with van der Waals surface area (Å²) in [6, 6.07) is 3.68.